The first-order valence-corrected chi connectivity index (χ1v) is 8.12. The lowest BCUT2D eigenvalue weighted by Gasteiger charge is -2.24. The normalized spacial score (nSPS) is 18.4. The minimum Gasteiger partial charge on any atom is -0.454 e. The zero-order chi connectivity index (χ0) is 17.4. The Balaban J connectivity index is 1.50. The number of nitrogens with zero attached hydrogens (tertiary/aromatic N) is 3. The van der Waals surface area contributed by atoms with Crippen LogP contribution in [0.3, 0.4) is 0 Å². The summed E-state index contributed by atoms with van der Waals surface area (Å²) in [5.41, 5.74) is 1.11. The van der Waals surface area contributed by atoms with Crippen molar-refractivity contribution in [3.63, 3.8) is 0 Å². The number of carbonyl (C=O) groups excluding carboxylic acids is 2. The van der Waals surface area contributed by atoms with Crippen LogP contribution in [0.15, 0.2) is 30.6 Å². The number of carbonyl (C=O) groups is 2. The number of ether oxygens (including phenoxy) is 2. The van der Waals surface area contributed by atoms with E-state index in [2.05, 4.69) is 10.4 Å². The van der Waals surface area contributed by atoms with Crippen molar-refractivity contribution < 1.29 is 19.1 Å². The van der Waals surface area contributed by atoms with Gasteiger partial charge in [0.05, 0.1) is 11.9 Å². The zero-order valence-electron chi connectivity index (χ0n) is 13.8. The molecule has 130 valence electrons. The molecule has 0 aliphatic carbocycles. The van der Waals surface area contributed by atoms with Crippen LogP contribution in [0.4, 0.5) is 5.69 Å². The predicted octanol–water partition coefficient (Wildman–Crippen LogP) is 1.39. The number of aryl methyl sites for hydroxylation is 1. The molecule has 25 heavy (non-hydrogen) atoms. The zero-order valence-corrected chi connectivity index (χ0v) is 13.8. The Morgan fingerprint density at radius 3 is 2.92 bits per heavy atom. The maximum atomic E-state index is 12.9. The number of aromatic nitrogens is 2. The van der Waals surface area contributed by atoms with Crippen LogP contribution in [0.5, 0.6) is 11.5 Å². The van der Waals surface area contributed by atoms with Crippen LogP contribution < -0.4 is 14.8 Å². The third kappa shape index (κ3) is 2.90. The summed E-state index contributed by atoms with van der Waals surface area (Å²) >= 11 is 0. The van der Waals surface area contributed by atoms with E-state index < -0.39 is 6.04 Å². The Labute approximate surface area is 144 Å². The highest BCUT2D eigenvalue weighted by atomic mass is 16.7. The van der Waals surface area contributed by atoms with Crippen molar-refractivity contribution in [1.82, 2.24) is 14.7 Å². The Kier molecular flexibility index (Phi) is 3.79. The van der Waals surface area contributed by atoms with Gasteiger partial charge in [0.25, 0.3) is 5.91 Å². The number of fused-ring (bicyclic) bond motifs is 1. The van der Waals surface area contributed by atoms with Gasteiger partial charge >= 0.3 is 0 Å². The molecule has 4 rings (SSSR count). The third-order valence-corrected chi connectivity index (χ3v) is 4.41. The summed E-state index contributed by atoms with van der Waals surface area (Å²) in [7, 11) is 1.78. The Bertz CT molecular complexity index is 832. The number of hydrogen-bond donors (Lipinski definition) is 1. The number of benzene rings is 1. The Hall–Kier alpha value is -3.03. The molecule has 0 radical (unpaired) electrons. The average molecular weight is 342 g/mol. The van der Waals surface area contributed by atoms with Crippen LogP contribution in [-0.2, 0) is 11.8 Å². The number of likely N-dealkylation sites (tertiary alicyclic amines) is 1. The molecule has 1 N–H and O–H groups in total. The summed E-state index contributed by atoms with van der Waals surface area (Å²) in [6, 6.07) is 4.60. The maximum absolute atomic E-state index is 12.9. The molecule has 3 heterocycles. The highest BCUT2D eigenvalue weighted by Crippen LogP contribution is 2.33. The molecular formula is C17H18N4O4. The molecule has 1 saturated heterocycles. The van der Waals surface area contributed by atoms with E-state index in [1.54, 1.807) is 47.2 Å². The second-order valence-corrected chi connectivity index (χ2v) is 6.12. The molecule has 8 nitrogen and oxygen atoms in total. The summed E-state index contributed by atoms with van der Waals surface area (Å²) in [5, 5.41) is 6.85. The number of nitrogens with one attached hydrogen (secondary N) is 1. The second-order valence-electron chi connectivity index (χ2n) is 6.12. The second kappa shape index (κ2) is 6.12. The fourth-order valence-corrected chi connectivity index (χ4v) is 3.19. The van der Waals surface area contributed by atoms with Crippen LogP contribution in [0.25, 0.3) is 0 Å². The number of hydrogen-bond acceptors (Lipinski definition) is 5. The fourth-order valence-electron chi connectivity index (χ4n) is 3.19. The van der Waals surface area contributed by atoms with Crippen molar-refractivity contribution in [2.24, 2.45) is 7.05 Å². The SMILES string of the molecule is Cn1cc(NC(=O)[C@H]2CCCN2C(=O)c2ccc3c(c2)OCO3)cn1. The van der Waals surface area contributed by atoms with Gasteiger partial charge in [0.15, 0.2) is 11.5 Å². The van der Waals surface area contributed by atoms with Gasteiger partial charge in [-0.05, 0) is 31.0 Å². The van der Waals surface area contributed by atoms with Gasteiger partial charge in [0.1, 0.15) is 6.04 Å². The number of rotatable bonds is 3. The summed E-state index contributed by atoms with van der Waals surface area (Å²) < 4.78 is 12.2. The summed E-state index contributed by atoms with van der Waals surface area (Å²) in [4.78, 5) is 27.0. The molecule has 8 heteroatoms. The van der Waals surface area contributed by atoms with Gasteiger partial charge < -0.3 is 19.7 Å². The van der Waals surface area contributed by atoms with Gasteiger partial charge in [-0.2, -0.15) is 5.10 Å². The van der Waals surface area contributed by atoms with Crippen molar-refractivity contribution in [1.29, 1.82) is 0 Å². The van der Waals surface area contributed by atoms with Crippen molar-refractivity contribution in [3.05, 3.63) is 36.2 Å². The molecule has 0 unspecified atom stereocenters. The third-order valence-electron chi connectivity index (χ3n) is 4.41. The quantitative estimate of drug-likeness (QED) is 0.911. The monoisotopic (exact) mass is 342 g/mol. The summed E-state index contributed by atoms with van der Waals surface area (Å²) in [6.07, 6.45) is 4.73. The molecule has 2 aliphatic heterocycles. The van der Waals surface area contributed by atoms with Crippen LogP contribution in [0.2, 0.25) is 0 Å². The number of amides is 2. The van der Waals surface area contributed by atoms with E-state index in [0.29, 0.717) is 35.7 Å². The lowest BCUT2D eigenvalue weighted by atomic mass is 10.1. The first-order chi connectivity index (χ1) is 12.1. The van der Waals surface area contributed by atoms with Gasteiger partial charge in [-0.15, -0.1) is 0 Å². The summed E-state index contributed by atoms with van der Waals surface area (Å²) in [5.74, 6) is 0.812. The average Bonchev–Trinajstić information content (AvgIpc) is 3.33. The molecule has 0 saturated carbocycles. The van der Waals surface area contributed by atoms with Crippen molar-refractivity contribution in [2.75, 3.05) is 18.7 Å². The van der Waals surface area contributed by atoms with Gasteiger partial charge in [0, 0.05) is 25.4 Å². The van der Waals surface area contributed by atoms with E-state index in [-0.39, 0.29) is 18.6 Å². The van der Waals surface area contributed by atoms with E-state index in [4.69, 9.17) is 9.47 Å². The minimum atomic E-state index is -0.488. The molecule has 1 fully saturated rings. The van der Waals surface area contributed by atoms with Crippen LogP contribution >= 0.6 is 0 Å². The standard InChI is InChI=1S/C17H18N4O4/c1-20-9-12(8-18-20)19-16(22)13-3-2-6-21(13)17(23)11-4-5-14-15(7-11)25-10-24-14/h4-5,7-9,13H,2-3,6,10H2,1H3,(H,19,22)/t13-/m1/s1. The van der Waals surface area contributed by atoms with E-state index in [9.17, 15) is 9.59 Å². The molecular weight excluding hydrogens is 324 g/mol. The molecule has 0 bridgehead atoms. The molecule has 1 aromatic carbocycles. The van der Waals surface area contributed by atoms with Gasteiger partial charge in [0.2, 0.25) is 12.7 Å². The molecule has 2 aromatic rings. The maximum Gasteiger partial charge on any atom is 0.254 e. The molecule has 2 amide bonds. The first-order valence-electron chi connectivity index (χ1n) is 8.12. The predicted molar refractivity (Wildman–Crippen MR) is 88.5 cm³/mol. The van der Waals surface area contributed by atoms with Gasteiger partial charge in [-0.25, -0.2) is 0 Å². The van der Waals surface area contributed by atoms with Crippen molar-refractivity contribution in [2.45, 2.75) is 18.9 Å². The van der Waals surface area contributed by atoms with E-state index in [1.165, 1.54) is 0 Å². The Morgan fingerprint density at radius 1 is 1.28 bits per heavy atom. The van der Waals surface area contributed by atoms with Crippen LogP contribution in [-0.4, -0.2) is 45.9 Å². The topological polar surface area (TPSA) is 85.7 Å². The van der Waals surface area contributed by atoms with E-state index >= 15 is 0 Å². The molecule has 1 aromatic heterocycles. The Morgan fingerprint density at radius 2 is 2.12 bits per heavy atom. The molecule has 2 aliphatic rings. The van der Waals surface area contributed by atoms with Gasteiger partial charge in [-0.1, -0.05) is 0 Å². The minimum absolute atomic E-state index is 0.160. The van der Waals surface area contributed by atoms with E-state index in [1.807, 2.05) is 0 Å². The number of anilines is 1. The van der Waals surface area contributed by atoms with Crippen molar-refractivity contribution in [3.8, 4) is 11.5 Å². The highest BCUT2D eigenvalue weighted by molar-refractivity contribution is 6.01. The van der Waals surface area contributed by atoms with E-state index in [0.717, 1.165) is 6.42 Å². The fraction of sp³-hybridized carbons (Fsp3) is 0.353. The van der Waals surface area contributed by atoms with Crippen LogP contribution in [0, 0.1) is 0 Å². The highest BCUT2D eigenvalue weighted by Gasteiger charge is 2.35. The molecule has 1 atom stereocenters. The summed E-state index contributed by atoms with van der Waals surface area (Å²) in [6.45, 7) is 0.714. The lowest BCUT2D eigenvalue weighted by molar-refractivity contribution is -0.119. The molecule has 0 spiro atoms. The largest absolute Gasteiger partial charge is 0.454 e. The smallest absolute Gasteiger partial charge is 0.254 e. The van der Waals surface area contributed by atoms with Crippen molar-refractivity contribution >= 4 is 17.5 Å². The lowest BCUT2D eigenvalue weighted by Crippen LogP contribution is -2.43. The van der Waals surface area contributed by atoms with Crippen LogP contribution in [0.1, 0.15) is 23.2 Å². The van der Waals surface area contributed by atoms with Gasteiger partial charge in [-0.3, -0.25) is 14.3 Å². The first kappa shape index (κ1) is 15.5.